The Labute approximate surface area is 125 Å². The van der Waals surface area contributed by atoms with Crippen molar-refractivity contribution < 1.29 is 0 Å². The number of nitrogens with zero attached hydrogens (tertiary/aromatic N) is 5. The van der Waals surface area contributed by atoms with E-state index in [4.69, 9.17) is 11.0 Å². The molecule has 1 aromatic heterocycles. The number of piperidine rings is 1. The number of aryl methyl sites for hydroxylation is 1. The molecule has 2 fully saturated rings. The first-order valence-corrected chi connectivity index (χ1v) is 7.72. The number of hydrogen-bond donors (Lipinski definition) is 1. The van der Waals surface area contributed by atoms with E-state index in [1.54, 1.807) is 0 Å². The Hall–Kier alpha value is -1.87. The van der Waals surface area contributed by atoms with Crippen LogP contribution in [0.5, 0.6) is 0 Å². The summed E-state index contributed by atoms with van der Waals surface area (Å²) in [5, 5.41) is 8.98. The number of rotatable bonds is 2. The normalized spacial score (nSPS) is 23.2. The summed E-state index contributed by atoms with van der Waals surface area (Å²) in [5.74, 6) is 1.08. The zero-order valence-electron chi connectivity index (χ0n) is 12.5. The van der Waals surface area contributed by atoms with Crippen molar-refractivity contribution in [3.8, 4) is 6.07 Å². The molecule has 3 heterocycles. The van der Waals surface area contributed by atoms with Crippen LogP contribution in [0.15, 0.2) is 0 Å². The highest BCUT2D eigenvalue weighted by molar-refractivity contribution is 5.53. The van der Waals surface area contributed by atoms with Gasteiger partial charge in [-0.15, -0.1) is 0 Å². The highest BCUT2D eigenvalue weighted by atomic mass is 15.3. The van der Waals surface area contributed by atoms with E-state index < -0.39 is 0 Å². The smallest absolute Gasteiger partial charge is 0.183 e. The summed E-state index contributed by atoms with van der Waals surface area (Å²) < 4.78 is 0. The fourth-order valence-corrected chi connectivity index (χ4v) is 3.46. The minimum atomic E-state index is 0.226. The van der Waals surface area contributed by atoms with Gasteiger partial charge in [0.25, 0.3) is 0 Å². The first-order valence-electron chi connectivity index (χ1n) is 7.72. The first-order chi connectivity index (χ1) is 10.2. The molecule has 21 heavy (non-hydrogen) atoms. The molecule has 0 saturated carbocycles. The van der Waals surface area contributed by atoms with E-state index in [0.29, 0.717) is 6.04 Å². The van der Waals surface area contributed by atoms with Gasteiger partial charge in [-0.1, -0.05) is 0 Å². The lowest BCUT2D eigenvalue weighted by Gasteiger charge is -2.38. The van der Waals surface area contributed by atoms with Gasteiger partial charge >= 0.3 is 0 Å². The molecule has 0 aromatic carbocycles. The van der Waals surface area contributed by atoms with E-state index in [-0.39, 0.29) is 11.5 Å². The first kappa shape index (κ1) is 14.1. The Morgan fingerprint density at radius 1 is 1.19 bits per heavy atom. The average Bonchev–Trinajstić information content (AvgIpc) is 3.03. The molecule has 1 aromatic rings. The molecule has 2 aliphatic heterocycles. The third kappa shape index (κ3) is 2.79. The molecule has 0 radical (unpaired) electrons. The van der Waals surface area contributed by atoms with Crippen molar-refractivity contribution in [1.82, 2.24) is 14.9 Å². The van der Waals surface area contributed by atoms with Crippen molar-refractivity contribution in [1.29, 1.82) is 5.26 Å². The van der Waals surface area contributed by atoms with Crippen LogP contribution < -0.4 is 10.6 Å². The van der Waals surface area contributed by atoms with Gasteiger partial charge in [0.05, 0.1) is 5.69 Å². The van der Waals surface area contributed by atoms with Crippen molar-refractivity contribution >= 4 is 11.6 Å². The molecule has 0 aliphatic carbocycles. The maximum atomic E-state index is 8.98. The molecule has 6 heteroatoms. The molecule has 1 atom stereocenters. The third-order valence-corrected chi connectivity index (χ3v) is 4.53. The summed E-state index contributed by atoms with van der Waals surface area (Å²) >= 11 is 0. The predicted octanol–water partition coefficient (Wildman–Crippen LogP) is 1.30. The fourth-order valence-electron chi connectivity index (χ4n) is 3.46. The molecule has 6 nitrogen and oxygen atoms in total. The molecule has 2 aliphatic rings. The van der Waals surface area contributed by atoms with Gasteiger partial charge in [-0.3, -0.25) is 4.90 Å². The maximum Gasteiger partial charge on any atom is 0.183 e. The number of likely N-dealkylation sites (tertiary alicyclic amines) is 1. The summed E-state index contributed by atoms with van der Waals surface area (Å²) in [4.78, 5) is 13.6. The van der Waals surface area contributed by atoms with E-state index >= 15 is 0 Å². The van der Waals surface area contributed by atoms with E-state index in [9.17, 15) is 0 Å². The molecule has 1 unspecified atom stereocenters. The molecule has 0 bridgehead atoms. The number of nitrogen functional groups attached to an aromatic ring is 1. The Morgan fingerprint density at radius 3 is 2.67 bits per heavy atom. The van der Waals surface area contributed by atoms with E-state index in [2.05, 4.69) is 19.8 Å². The van der Waals surface area contributed by atoms with Gasteiger partial charge in [0.15, 0.2) is 17.3 Å². The maximum absolute atomic E-state index is 8.98. The van der Waals surface area contributed by atoms with Crippen molar-refractivity contribution in [3.63, 3.8) is 0 Å². The van der Waals surface area contributed by atoms with E-state index in [1.165, 1.54) is 38.8 Å². The zero-order chi connectivity index (χ0) is 14.8. The van der Waals surface area contributed by atoms with Crippen LogP contribution in [0.2, 0.25) is 0 Å². The van der Waals surface area contributed by atoms with Crippen LogP contribution in [0.1, 0.15) is 37.1 Å². The van der Waals surface area contributed by atoms with Gasteiger partial charge in [-0.2, -0.15) is 5.26 Å². The summed E-state index contributed by atoms with van der Waals surface area (Å²) in [6, 6.07) is 2.60. The number of aromatic nitrogens is 2. The molecule has 3 rings (SSSR count). The third-order valence-electron chi connectivity index (χ3n) is 4.53. The standard InChI is InChI=1S/C15H22N6/c1-11-15(19-14(17)13(9-16)18-11)21-8-4-5-12(10-21)20-6-2-3-7-20/h12H,2-8,10H2,1H3,(H2,17,19). The lowest BCUT2D eigenvalue weighted by atomic mass is 10.0. The van der Waals surface area contributed by atoms with Crippen LogP contribution in [0, 0.1) is 18.3 Å². The van der Waals surface area contributed by atoms with Crippen molar-refractivity contribution in [2.24, 2.45) is 0 Å². The molecule has 112 valence electrons. The summed E-state index contributed by atoms with van der Waals surface area (Å²) in [6.45, 7) is 6.32. The zero-order valence-corrected chi connectivity index (χ0v) is 12.5. The van der Waals surface area contributed by atoms with Crippen LogP contribution in [0.3, 0.4) is 0 Å². The molecule has 0 spiro atoms. The number of nitrogens with two attached hydrogens (primary N) is 1. The average molecular weight is 286 g/mol. The van der Waals surface area contributed by atoms with E-state index in [1.807, 2.05) is 13.0 Å². The minimum absolute atomic E-state index is 0.226. The largest absolute Gasteiger partial charge is 0.381 e. The number of nitriles is 1. The van der Waals surface area contributed by atoms with E-state index in [0.717, 1.165) is 24.6 Å². The number of anilines is 2. The van der Waals surface area contributed by atoms with Gasteiger partial charge in [-0.05, 0) is 45.7 Å². The highest BCUT2D eigenvalue weighted by Crippen LogP contribution is 2.26. The summed E-state index contributed by atoms with van der Waals surface area (Å²) in [6.07, 6.45) is 5.06. The van der Waals surface area contributed by atoms with Crippen LogP contribution in [0.25, 0.3) is 0 Å². The molecule has 2 saturated heterocycles. The quantitative estimate of drug-likeness (QED) is 0.882. The van der Waals surface area contributed by atoms with Gasteiger partial charge in [0.1, 0.15) is 6.07 Å². The number of hydrogen-bond acceptors (Lipinski definition) is 6. The minimum Gasteiger partial charge on any atom is -0.381 e. The van der Waals surface area contributed by atoms with Gasteiger partial charge in [-0.25, -0.2) is 9.97 Å². The van der Waals surface area contributed by atoms with Crippen LogP contribution in [0.4, 0.5) is 11.6 Å². The second kappa shape index (κ2) is 5.86. The molecule has 2 N–H and O–H groups in total. The lowest BCUT2D eigenvalue weighted by molar-refractivity contribution is 0.215. The van der Waals surface area contributed by atoms with Crippen molar-refractivity contribution in [2.45, 2.75) is 38.6 Å². The lowest BCUT2D eigenvalue weighted by Crippen LogP contribution is -2.47. The summed E-state index contributed by atoms with van der Waals surface area (Å²) in [5.41, 5.74) is 6.85. The molecule has 0 amide bonds. The van der Waals surface area contributed by atoms with Crippen molar-refractivity contribution in [2.75, 3.05) is 36.8 Å². The van der Waals surface area contributed by atoms with Crippen LogP contribution in [-0.2, 0) is 0 Å². The Balaban J connectivity index is 1.80. The van der Waals surface area contributed by atoms with Gasteiger partial charge in [0, 0.05) is 19.1 Å². The van der Waals surface area contributed by atoms with Crippen LogP contribution in [-0.4, -0.2) is 47.1 Å². The SMILES string of the molecule is Cc1nc(C#N)c(N)nc1N1CCCC(N2CCCC2)C1. The Kier molecular flexibility index (Phi) is 3.93. The summed E-state index contributed by atoms with van der Waals surface area (Å²) in [7, 11) is 0. The molecular formula is C15H22N6. The second-order valence-corrected chi connectivity index (χ2v) is 5.96. The van der Waals surface area contributed by atoms with Gasteiger partial charge < -0.3 is 10.6 Å². The molecular weight excluding hydrogens is 264 g/mol. The topological polar surface area (TPSA) is 82.1 Å². The van der Waals surface area contributed by atoms with Crippen LogP contribution >= 0.6 is 0 Å². The van der Waals surface area contributed by atoms with Crippen molar-refractivity contribution in [3.05, 3.63) is 11.4 Å². The Bertz CT molecular complexity index is 558. The predicted molar refractivity (Wildman–Crippen MR) is 81.9 cm³/mol. The second-order valence-electron chi connectivity index (χ2n) is 5.96. The monoisotopic (exact) mass is 286 g/mol. The highest BCUT2D eigenvalue weighted by Gasteiger charge is 2.28. The fraction of sp³-hybridized carbons (Fsp3) is 0.667. The Morgan fingerprint density at radius 2 is 1.95 bits per heavy atom. The van der Waals surface area contributed by atoms with Gasteiger partial charge in [0.2, 0.25) is 0 Å².